The van der Waals surface area contributed by atoms with Gasteiger partial charge in [-0.25, -0.2) is 4.98 Å². The minimum absolute atomic E-state index is 0.176. The smallest absolute Gasteiger partial charge is 0.122 e. The number of rotatable bonds is 9. The van der Waals surface area contributed by atoms with Crippen molar-refractivity contribution in [1.82, 2.24) is 9.55 Å². The molecule has 5 rings (SSSR count). The number of benzene rings is 4. The highest BCUT2D eigenvalue weighted by Gasteiger charge is 2.18. The van der Waals surface area contributed by atoms with Crippen LogP contribution in [-0.4, -0.2) is 23.3 Å². The largest absolute Gasteiger partial charge is 0.497 e. The maximum atomic E-state index is 6.07. The van der Waals surface area contributed by atoms with Gasteiger partial charge >= 0.3 is 0 Å². The Morgan fingerprint density at radius 1 is 0.861 bits per heavy atom. The van der Waals surface area contributed by atoms with E-state index in [1.807, 2.05) is 6.07 Å². The number of fused-ring (bicyclic) bond motifs is 2. The predicted octanol–water partition coefficient (Wildman–Crippen LogP) is 7.83. The second kappa shape index (κ2) is 10.4. The zero-order chi connectivity index (χ0) is 25.1. The predicted molar refractivity (Wildman–Crippen MR) is 148 cm³/mol. The van der Waals surface area contributed by atoms with Crippen LogP contribution in [0.2, 0.25) is 0 Å². The first-order valence-corrected chi connectivity index (χ1v) is 12.8. The fraction of sp³-hybridized carbons (Fsp3) is 0.281. The summed E-state index contributed by atoms with van der Waals surface area (Å²) in [6, 6.07) is 27.7. The molecule has 0 saturated carbocycles. The van der Waals surface area contributed by atoms with Gasteiger partial charge in [0.2, 0.25) is 0 Å². The minimum Gasteiger partial charge on any atom is -0.497 e. The van der Waals surface area contributed by atoms with Crippen molar-refractivity contribution < 1.29 is 9.47 Å². The highest BCUT2D eigenvalue weighted by atomic mass is 16.5. The number of aromatic nitrogens is 2. The summed E-state index contributed by atoms with van der Waals surface area (Å²) in [6.07, 6.45) is 2.02. The Hall–Kier alpha value is -3.79. The molecule has 0 aliphatic rings. The highest BCUT2D eigenvalue weighted by molar-refractivity contribution is 5.85. The van der Waals surface area contributed by atoms with Gasteiger partial charge in [-0.05, 0) is 78.9 Å². The molecule has 36 heavy (non-hydrogen) atoms. The molecular formula is C32H34N2O2. The van der Waals surface area contributed by atoms with Gasteiger partial charge in [0.15, 0.2) is 0 Å². The molecule has 1 atom stereocenters. The Bertz CT molecular complexity index is 1500. The first-order chi connectivity index (χ1) is 17.5. The fourth-order valence-electron chi connectivity index (χ4n) is 4.96. The first-order valence-electron chi connectivity index (χ1n) is 12.8. The summed E-state index contributed by atoms with van der Waals surface area (Å²) in [6.45, 7) is 8.11. The SMILES string of the molecule is COc1ccc2cc(C(C)c3nc4ccccc4n3CCCCOc3ccc(C)cc3C)ccc2c1. The van der Waals surface area contributed by atoms with Gasteiger partial charge in [-0.3, -0.25) is 0 Å². The number of hydrogen-bond donors (Lipinski definition) is 0. The Morgan fingerprint density at radius 3 is 2.50 bits per heavy atom. The molecule has 4 nitrogen and oxygen atoms in total. The van der Waals surface area contributed by atoms with Crippen LogP contribution in [0.4, 0.5) is 0 Å². The molecule has 0 radical (unpaired) electrons. The van der Waals surface area contributed by atoms with Crippen LogP contribution in [0.5, 0.6) is 11.5 Å². The Kier molecular flexibility index (Phi) is 6.95. The van der Waals surface area contributed by atoms with E-state index in [1.54, 1.807) is 7.11 Å². The van der Waals surface area contributed by atoms with Gasteiger partial charge in [-0.15, -0.1) is 0 Å². The van der Waals surface area contributed by atoms with E-state index in [1.165, 1.54) is 33.0 Å². The quantitative estimate of drug-likeness (QED) is 0.203. The van der Waals surface area contributed by atoms with Crippen molar-refractivity contribution in [3.8, 4) is 11.5 Å². The van der Waals surface area contributed by atoms with E-state index < -0.39 is 0 Å². The molecule has 1 unspecified atom stereocenters. The van der Waals surface area contributed by atoms with Gasteiger partial charge in [0.1, 0.15) is 17.3 Å². The molecular weight excluding hydrogens is 444 g/mol. The lowest BCUT2D eigenvalue weighted by molar-refractivity contribution is 0.301. The number of para-hydroxylation sites is 2. The van der Waals surface area contributed by atoms with E-state index in [4.69, 9.17) is 14.5 Å². The number of aryl methyl sites for hydroxylation is 3. The number of imidazole rings is 1. The molecule has 1 heterocycles. The number of methoxy groups -OCH3 is 1. The van der Waals surface area contributed by atoms with Crippen molar-refractivity contribution in [2.24, 2.45) is 0 Å². The van der Waals surface area contributed by atoms with E-state index in [2.05, 4.69) is 98.1 Å². The molecule has 0 aliphatic carbocycles. The zero-order valence-electron chi connectivity index (χ0n) is 21.6. The van der Waals surface area contributed by atoms with Gasteiger partial charge < -0.3 is 14.0 Å². The van der Waals surface area contributed by atoms with Gasteiger partial charge in [-0.2, -0.15) is 0 Å². The molecule has 0 bridgehead atoms. The monoisotopic (exact) mass is 478 g/mol. The summed E-state index contributed by atoms with van der Waals surface area (Å²) in [5.74, 6) is 3.15. The third-order valence-electron chi connectivity index (χ3n) is 7.01. The van der Waals surface area contributed by atoms with Crippen LogP contribution >= 0.6 is 0 Å². The van der Waals surface area contributed by atoms with Crippen molar-refractivity contribution in [2.45, 2.75) is 46.1 Å². The molecule has 0 spiro atoms. The summed E-state index contributed by atoms with van der Waals surface area (Å²) in [5.41, 5.74) is 5.97. The third kappa shape index (κ3) is 4.94. The maximum absolute atomic E-state index is 6.07. The van der Waals surface area contributed by atoms with E-state index in [0.717, 1.165) is 48.8 Å². The summed E-state index contributed by atoms with van der Waals surface area (Å²) >= 11 is 0. The average Bonchev–Trinajstić information content (AvgIpc) is 3.27. The third-order valence-corrected chi connectivity index (χ3v) is 7.01. The molecule has 4 aromatic carbocycles. The second-order valence-corrected chi connectivity index (χ2v) is 9.63. The average molecular weight is 479 g/mol. The number of hydrogen-bond acceptors (Lipinski definition) is 3. The zero-order valence-corrected chi connectivity index (χ0v) is 21.6. The Labute approximate surface area is 213 Å². The lowest BCUT2D eigenvalue weighted by Crippen LogP contribution is -2.10. The summed E-state index contributed by atoms with van der Waals surface area (Å²) in [4.78, 5) is 5.07. The van der Waals surface area contributed by atoms with E-state index in [-0.39, 0.29) is 5.92 Å². The molecule has 4 heteroatoms. The van der Waals surface area contributed by atoms with Gasteiger partial charge in [0, 0.05) is 12.5 Å². The maximum Gasteiger partial charge on any atom is 0.122 e. The number of ether oxygens (including phenoxy) is 2. The van der Waals surface area contributed by atoms with Gasteiger partial charge in [0.25, 0.3) is 0 Å². The normalized spacial score (nSPS) is 12.2. The molecule has 0 amide bonds. The summed E-state index contributed by atoms with van der Waals surface area (Å²) < 4.78 is 13.9. The Morgan fingerprint density at radius 2 is 1.67 bits per heavy atom. The van der Waals surface area contributed by atoms with Crippen molar-refractivity contribution >= 4 is 21.8 Å². The molecule has 0 fully saturated rings. The van der Waals surface area contributed by atoms with Crippen LogP contribution in [0.15, 0.2) is 78.9 Å². The Balaban J connectivity index is 1.33. The highest BCUT2D eigenvalue weighted by Crippen LogP contribution is 2.31. The van der Waals surface area contributed by atoms with Gasteiger partial charge in [0.05, 0.1) is 24.8 Å². The van der Waals surface area contributed by atoms with Crippen molar-refractivity contribution in [3.63, 3.8) is 0 Å². The van der Waals surface area contributed by atoms with Crippen molar-refractivity contribution in [2.75, 3.05) is 13.7 Å². The van der Waals surface area contributed by atoms with Crippen LogP contribution in [-0.2, 0) is 6.54 Å². The molecule has 0 saturated heterocycles. The second-order valence-electron chi connectivity index (χ2n) is 9.63. The van der Waals surface area contributed by atoms with Crippen molar-refractivity contribution in [3.05, 3.63) is 101 Å². The molecule has 1 aromatic heterocycles. The topological polar surface area (TPSA) is 36.3 Å². The lowest BCUT2D eigenvalue weighted by atomic mass is 9.97. The lowest BCUT2D eigenvalue weighted by Gasteiger charge is -2.16. The summed E-state index contributed by atoms with van der Waals surface area (Å²) in [5, 5.41) is 2.40. The van der Waals surface area contributed by atoms with E-state index in [0.29, 0.717) is 0 Å². The first kappa shape index (κ1) is 23.9. The van der Waals surface area contributed by atoms with Crippen LogP contribution in [0.25, 0.3) is 21.8 Å². The van der Waals surface area contributed by atoms with Crippen molar-refractivity contribution in [1.29, 1.82) is 0 Å². The van der Waals surface area contributed by atoms with Crippen LogP contribution < -0.4 is 9.47 Å². The van der Waals surface area contributed by atoms with Gasteiger partial charge in [-0.1, -0.05) is 61.0 Å². The van der Waals surface area contributed by atoms with Crippen LogP contribution in [0.3, 0.4) is 0 Å². The standard InChI is InChI=1S/C32H34N2O2/c1-22-11-16-31(23(2)19-22)36-18-8-7-17-34-30-10-6-5-9-29(30)33-32(34)24(3)25-12-13-27-21-28(35-4)15-14-26(27)20-25/h5-6,9-16,19-21,24H,7-8,17-18H2,1-4H3. The molecule has 5 aromatic rings. The number of unbranched alkanes of at least 4 members (excludes halogenated alkanes) is 1. The van der Waals surface area contributed by atoms with Crippen LogP contribution in [0.1, 0.15) is 48.2 Å². The molecule has 184 valence electrons. The molecule has 0 N–H and O–H groups in total. The fourth-order valence-corrected chi connectivity index (χ4v) is 4.96. The van der Waals surface area contributed by atoms with Crippen LogP contribution in [0, 0.1) is 13.8 Å². The van der Waals surface area contributed by atoms with E-state index in [9.17, 15) is 0 Å². The number of nitrogens with zero attached hydrogens (tertiary/aromatic N) is 2. The minimum atomic E-state index is 0.176. The molecule has 0 aliphatic heterocycles. The summed E-state index contributed by atoms with van der Waals surface area (Å²) in [7, 11) is 1.71. The van der Waals surface area contributed by atoms with E-state index >= 15 is 0 Å².